The predicted octanol–water partition coefficient (Wildman–Crippen LogP) is 4.98. The zero-order chi connectivity index (χ0) is 21.9. The first-order chi connectivity index (χ1) is 14.2. The van der Waals surface area contributed by atoms with Crippen molar-refractivity contribution in [2.75, 3.05) is 13.1 Å². The summed E-state index contributed by atoms with van der Waals surface area (Å²) in [6, 6.07) is 9.77. The second kappa shape index (κ2) is 8.71. The molecule has 1 fully saturated rings. The minimum absolute atomic E-state index is 0.401. The number of pyridine rings is 1. The maximum atomic E-state index is 14.5. The number of nitrogens with one attached hydrogen (secondary N) is 1. The molecule has 1 aliphatic rings. The van der Waals surface area contributed by atoms with Crippen LogP contribution in [-0.4, -0.2) is 34.4 Å². The molecular formula is C22H25F4N3O. The van der Waals surface area contributed by atoms with E-state index in [4.69, 9.17) is 0 Å². The van der Waals surface area contributed by atoms with E-state index in [2.05, 4.69) is 15.2 Å². The number of alkyl halides is 3. The van der Waals surface area contributed by atoms with Gasteiger partial charge in [-0.1, -0.05) is 44.2 Å². The van der Waals surface area contributed by atoms with Crippen LogP contribution in [0.2, 0.25) is 0 Å². The quantitative estimate of drug-likeness (QED) is 0.667. The van der Waals surface area contributed by atoms with Gasteiger partial charge in [0.15, 0.2) is 11.5 Å². The Balaban J connectivity index is 2.02. The number of carbonyl (C=O) groups is 1. The average molecular weight is 423 g/mol. The number of aromatic nitrogens is 1. The summed E-state index contributed by atoms with van der Waals surface area (Å²) in [5, 5.41) is 2.85. The first-order valence-corrected chi connectivity index (χ1v) is 10.1. The highest BCUT2D eigenvalue weighted by atomic mass is 19.4. The Morgan fingerprint density at radius 2 is 1.93 bits per heavy atom. The van der Waals surface area contributed by atoms with Gasteiger partial charge in [0.2, 0.25) is 0 Å². The lowest BCUT2D eigenvalue weighted by Crippen LogP contribution is -2.54. The van der Waals surface area contributed by atoms with Crippen molar-refractivity contribution in [3.8, 4) is 0 Å². The molecule has 0 radical (unpaired) electrons. The van der Waals surface area contributed by atoms with Crippen molar-refractivity contribution in [2.45, 2.75) is 50.9 Å². The molecule has 8 heteroatoms. The summed E-state index contributed by atoms with van der Waals surface area (Å²) in [6.45, 7) is 5.71. The number of rotatable bonds is 6. The van der Waals surface area contributed by atoms with E-state index in [0.717, 1.165) is 50.2 Å². The molecule has 162 valence electrons. The first kappa shape index (κ1) is 22.2. The van der Waals surface area contributed by atoms with Gasteiger partial charge in [-0.2, -0.15) is 13.2 Å². The van der Waals surface area contributed by atoms with Gasteiger partial charge in [-0.25, -0.2) is 9.37 Å². The van der Waals surface area contributed by atoms with Crippen LogP contribution in [0.15, 0.2) is 42.6 Å². The number of nitrogens with zero attached hydrogens (tertiary/aromatic N) is 2. The fourth-order valence-electron chi connectivity index (χ4n) is 4.56. The van der Waals surface area contributed by atoms with E-state index < -0.39 is 40.7 Å². The molecule has 2 aromatic rings. The Kier molecular flexibility index (Phi) is 6.45. The van der Waals surface area contributed by atoms with Crippen molar-refractivity contribution in [1.29, 1.82) is 0 Å². The van der Waals surface area contributed by atoms with E-state index in [1.54, 1.807) is 0 Å². The van der Waals surface area contributed by atoms with Gasteiger partial charge in [0, 0.05) is 11.7 Å². The molecule has 3 rings (SSSR count). The van der Waals surface area contributed by atoms with Crippen LogP contribution in [0.5, 0.6) is 0 Å². The fourth-order valence-corrected chi connectivity index (χ4v) is 4.56. The number of hydrogen-bond donors (Lipinski definition) is 1. The SMILES string of the molecule is CCN1CCCC1(CC)C(NC(=O)c1ccnc(C(F)(F)F)c1F)c1ccccc1. The third-order valence-corrected chi connectivity index (χ3v) is 6.01. The summed E-state index contributed by atoms with van der Waals surface area (Å²) in [5.74, 6) is -2.54. The second-order valence-corrected chi connectivity index (χ2v) is 7.48. The number of amides is 1. The summed E-state index contributed by atoms with van der Waals surface area (Å²) < 4.78 is 53.6. The summed E-state index contributed by atoms with van der Waals surface area (Å²) >= 11 is 0. The lowest BCUT2D eigenvalue weighted by Gasteiger charge is -2.44. The molecule has 2 unspecified atom stereocenters. The van der Waals surface area contributed by atoms with Crippen LogP contribution in [0.3, 0.4) is 0 Å². The Bertz CT molecular complexity index is 888. The minimum Gasteiger partial charge on any atom is -0.343 e. The Labute approximate surface area is 173 Å². The smallest absolute Gasteiger partial charge is 0.343 e. The molecule has 1 N–H and O–H groups in total. The third-order valence-electron chi connectivity index (χ3n) is 6.01. The van der Waals surface area contributed by atoms with E-state index in [9.17, 15) is 22.4 Å². The van der Waals surface area contributed by atoms with Crippen molar-refractivity contribution < 1.29 is 22.4 Å². The molecule has 0 aliphatic carbocycles. The molecular weight excluding hydrogens is 398 g/mol. The van der Waals surface area contributed by atoms with Crippen LogP contribution in [0.4, 0.5) is 17.6 Å². The van der Waals surface area contributed by atoms with Gasteiger partial charge in [0.1, 0.15) is 0 Å². The lowest BCUT2D eigenvalue weighted by molar-refractivity contribution is -0.143. The third kappa shape index (κ3) is 4.05. The van der Waals surface area contributed by atoms with E-state index >= 15 is 0 Å². The van der Waals surface area contributed by atoms with Crippen molar-refractivity contribution in [1.82, 2.24) is 15.2 Å². The molecule has 2 heterocycles. The first-order valence-electron chi connectivity index (χ1n) is 10.1. The van der Waals surface area contributed by atoms with Crippen molar-refractivity contribution in [3.63, 3.8) is 0 Å². The van der Waals surface area contributed by atoms with E-state index in [1.165, 1.54) is 0 Å². The minimum atomic E-state index is -4.98. The maximum absolute atomic E-state index is 14.5. The Morgan fingerprint density at radius 1 is 1.23 bits per heavy atom. The van der Waals surface area contributed by atoms with Crippen LogP contribution < -0.4 is 5.32 Å². The standard InChI is InChI=1S/C22H25F4N3O/c1-3-21(12-8-14-29(21)4-2)18(15-9-6-5-7-10-15)28-20(30)16-11-13-27-19(17(16)23)22(24,25)26/h5-7,9-11,13,18H,3-4,8,12,14H2,1-2H3,(H,28,30). The zero-order valence-electron chi connectivity index (χ0n) is 17.0. The number of benzene rings is 1. The molecule has 0 saturated carbocycles. The number of hydrogen-bond acceptors (Lipinski definition) is 3. The van der Waals surface area contributed by atoms with Crippen molar-refractivity contribution >= 4 is 5.91 Å². The Hall–Kier alpha value is -2.48. The summed E-state index contributed by atoms with van der Waals surface area (Å²) in [6.07, 6.45) is -1.67. The average Bonchev–Trinajstić information content (AvgIpc) is 3.15. The molecule has 1 amide bonds. The van der Waals surface area contributed by atoms with E-state index in [1.807, 2.05) is 44.2 Å². The van der Waals surface area contributed by atoms with E-state index in [0.29, 0.717) is 0 Å². The molecule has 1 aromatic heterocycles. The highest BCUT2D eigenvalue weighted by molar-refractivity contribution is 5.95. The molecule has 2 atom stereocenters. The molecule has 1 aromatic carbocycles. The molecule has 1 saturated heterocycles. The van der Waals surface area contributed by atoms with Crippen molar-refractivity contribution in [3.05, 3.63) is 65.2 Å². The molecule has 0 spiro atoms. The van der Waals surface area contributed by atoms with Crippen LogP contribution in [-0.2, 0) is 6.18 Å². The van der Waals surface area contributed by atoms with Crippen molar-refractivity contribution in [2.24, 2.45) is 0 Å². The maximum Gasteiger partial charge on any atom is 0.436 e. The number of halogens is 4. The van der Waals surface area contributed by atoms with Gasteiger partial charge in [-0.15, -0.1) is 0 Å². The van der Waals surface area contributed by atoms with Gasteiger partial charge in [0.25, 0.3) is 5.91 Å². The summed E-state index contributed by atoms with van der Waals surface area (Å²) in [5.41, 5.74) is -1.92. The fraction of sp³-hybridized carbons (Fsp3) is 0.455. The number of likely N-dealkylation sites (tertiary alicyclic amines) is 1. The monoisotopic (exact) mass is 423 g/mol. The second-order valence-electron chi connectivity index (χ2n) is 7.48. The lowest BCUT2D eigenvalue weighted by atomic mass is 9.80. The van der Waals surface area contributed by atoms with E-state index in [-0.39, 0.29) is 0 Å². The normalized spacial score (nSPS) is 20.9. The molecule has 30 heavy (non-hydrogen) atoms. The van der Waals surface area contributed by atoms with Gasteiger partial charge in [0.05, 0.1) is 11.6 Å². The van der Waals surface area contributed by atoms with Crippen LogP contribution in [0.25, 0.3) is 0 Å². The van der Waals surface area contributed by atoms with Gasteiger partial charge < -0.3 is 5.32 Å². The zero-order valence-corrected chi connectivity index (χ0v) is 17.0. The van der Waals surface area contributed by atoms with Gasteiger partial charge in [-0.3, -0.25) is 9.69 Å². The molecule has 0 bridgehead atoms. The highest BCUT2D eigenvalue weighted by Crippen LogP contribution is 2.42. The summed E-state index contributed by atoms with van der Waals surface area (Å²) in [4.78, 5) is 18.3. The largest absolute Gasteiger partial charge is 0.436 e. The molecule has 4 nitrogen and oxygen atoms in total. The summed E-state index contributed by atoms with van der Waals surface area (Å²) in [7, 11) is 0. The van der Waals surface area contributed by atoms with Crippen LogP contribution in [0, 0.1) is 5.82 Å². The Morgan fingerprint density at radius 3 is 2.53 bits per heavy atom. The van der Waals surface area contributed by atoms with Crippen LogP contribution in [0.1, 0.15) is 60.8 Å². The van der Waals surface area contributed by atoms with Gasteiger partial charge >= 0.3 is 6.18 Å². The predicted molar refractivity (Wildman–Crippen MR) is 105 cm³/mol. The van der Waals surface area contributed by atoms with Crippen LogP contribution >= 0.6 is 0 Å². The highest BCUT2D eigenvalue weighted by Gasteiger charge is 2.47. The van der Waals surface area contributed by atoms with Gasteiger partial charge in [-0.05, 0) is 44.0 Å². The molecule has 1 aliphatic heterocycles. The topological polar surface area (TPSA) is 45.2 Å². The number of carbonyl (C=O) groups excluding carboxylic acids is 1. The number of likely N-dealkylation sites (N-methyl/N-ethyl adjacent to an activating group) is 1.